The van der Waals surface area contributed by atoms with E-state index in [1.807, 2.05) is 0 Å². The lowest BCUT2D eigenvalue weighted by molar-refractivity contribution is 0.0939. The van der Waals surface area contributed by atoms with Gasteiger partial charge in [0.2, 0.25) is 0 Å². The SMILES string of the molecule is OCCCCNCCOCCO. The minimum absolute atomic E-state index is 0.0878. The van der Waals surface area contributed by atoms with Crippen molar-refractivity contribution in [2.45, 2.75) is 12.8 Å². The number of aliphatic hydroxyl groups is 2. The fourth-order valence-electron chi connectivity index (χ4n) is 0.798. The molecule has 0 aromatic heterocycles. The van der Waals surface area contributed by atoms with Crippen LogP contribution in [0.5, 0.6) is 0 Å². The molecule has 0 aliphatic rings. The monoisotopic (exact) mass is 177 g/mol. The molecule has 0 heterocycles. The number of aliphatic hydroxyl groups excluding tert-OH is 2. The topological polar surface area (TPSA) is 61.7 Å². The highest BCUT2D eigenvalue weighted by molar-refractivity contribution is 4.46. The molecule has 0 spiro atoms. The zero-order valence-electron chi connectivity index (χ0n) is 7.46. The maximum absolute atomic E-state index is 8.46. The summed E-state index contributed by atoms with van der Waals surface area (Å²) in [6.45, 7) is 3.14. The summed E-state index contributed by atoms with van der Waals surface area (Å²) in [5, 5.41) is 20.0. The van der Waals surface area contributed by atoms with E-state index in [0.29, 0.717) is 13.2 Å². The fourth-order valence-corrected chi connectivity index (χ4v) is 0.798. The largest absolute Gasteiger partial charge is 0.396 e. The molecular formula is C8H19NO3. The van der Waals surface area contributed by atoms with E-state index < -0.39 is 0 Å². The summed E-state index contributed by atoms with van der Waals surface area (Å²) in [6.07, 6.45) is 1.85. The number of ether oxygens (including phenoxy) is 1. The van der Waals surface area contributed by atoms with Crippen molar-refractivity contribution in [3.63, 3.8) is 0 Å². The second kappa shape index (κ2) is 10.8. The quantitative estimate of drug-likeness (QED) is 0.410. The van der Waals surface area contributed by atoms with E-state index in [1.165, 1.54) is 0 Å². The predicted molar refractivity (Wildman–Crippen MR) is 47.1 cm³/mol. The van der Waals surface area contributed by atoms with Crippen LogP contribution in [0.15, 0.2) is 0 Å². The van der Waals surface area contributed by atoms with Gasteiger partial charge in [-0.15, -0.1) is 0 Å². The molecule has 0 rings (SSSR count). The van der Waals surface area contributed by atoms with Crippen LogP contribution < -0.4 is 5.32 Å². The molecule has 0 atom stereocenters. The van der Waals surface area contributed by atoms with Gasteiger partial charge in [-0.1, -0.05) is 0 Å². The number of hydrogen-bond donors (Lipinski definition) is 3. The number of unbranched alkanes of at least 4 members (excludes halogenated alkanes) is 1. The van der Waals surface area contributed by atoms with E-state index in [1.54, 1.807) is 0 Å². The van der Waals surface area contributed by atoms with E-state index in [2.05, 4.69) is 5.32 Å². The van der Waals surface area contributed by atoms with Gasteiger partial charge < -0.3 is 20.3 Å². The zero-order valence-corrected chi connectivity index (χ0v) is 7.46. The smallest absolute Gasteiger partial charge is 0.0698 e. The highest BCUT2D eigenvalue weighted by Gasteiger charge is 1.88. The average molecular weight is 177 g/mol. The molecule has 0 aliphatic heterocycles. The third kappa shape index (κ3) is 9.84. The molecule has 0 saturated carbocycles. The second-order valence-corrected chi connectivity index (χ2v) is 2.52. The Hall–Kier alpha value is -0.160. The lowest BCUT2D eigenvalue weighted by Crippen LogP contribution is -2.21. The number of hydrogen-bond acceptors (Lipinski definition) is 4. The molecule has 0 amide bonds. The van der Waals surface area contributed by atoms with Crippen LogP contribution in [0.1, 0.15) is 12.8 Å². The van der Waals surface area contributed by atoms with Crippen LogP contribution in [0.25, 0.3) is 0 Å². The Balaban J connectivity index is 2.73. The van der Waals surface area contributed by atoms with E-state index in [4.69, 9.17) is 14.9 Å². The molecule has 74 valence electrons. The fraction of sp³-hybridized carbons (Fsp3) is 1.00. The van der Waals surface area contributed by atoms with E-state index in [-0.39, 0.29) is 13.2 Å². The van der Waals surface area contributed by atoms with Gasteiger partial charge >= 0.3 is 0 Å². The number of rotatable bonds is 9. The van der Waals surface area contributed by atoms with Crippen molar-refractivity contribution in [1.29, 1.82) is 0 Å². The summed E-state index contributed by atoms with van der Waals surface area (Å²) >= 11 is 0. The average Bonchev–Trinajstić information content (AvgIpc) is 2.10. The van der Waals surface area contributed by atoms with Crippen molar-refractivity contribution in [2.75, 3.05) is 39.5 Å². The van der Waals surface area contributed by atoms with Gasteiger partial charge in [-0.05, 0) is 19.4 Å². The third-order valence-electron chi connectivity index (χ3n) is 1.42. The molecule has 4 nitrogen and oxygen atoms in total. The van der Waals surface area contributed by atoms with Gasteiger partial charge in [-0.25, -0.2) is 0 Å². The molecule has 4 heteroatoms. The van der Waals surface area contributed by atoms with Crippen LogP contribution in [0.3, 0.4) is 0 Å². The zero-order chi connectivity index (χ0) is 9.07. The van der Waals surface area contributed by atoms with Gasteiger partial charge in [0.25, 0.3) is 0 Å². The van der Waals surface area contributed by atoms with Crippen LogP contribution in [0.4, 0.5) is 0 Å². The molecule has 0 bridgehead atoms. The summed E-state index contributed by atoms with van der Waals surface area (Å²) in [4.78, 5) is 0. The van der Waals surface area contributed by atoms with Crippen molar-refractivity contribution in [2.24, 2.45) is 0 Å². The molecule has 0 aromatic carbocycles. The first-order chi connectivity index (χ1) is 5.91. The van der Waals surface area contributed by atoms with Crippen LogP contribution >= 0.6 is 0 Å². The lowest BCUT2D eigenvalue weighted by atomic mass is 10.3. The van der Waals surface area contributed by atoms with E-state index in [9.17, 15) is 0 Å². The van der Waals surface area contributed by atoms with Crippen molar-refractivity contribution in [3.05, 3.63) is 0 Å². The van der Waals surface area contributed by atoms with Crippen molar-refractivity contribution in [3.8, 4) is 0 Å². The van der Waals surface area contributed by atoms with Gasteiger partial charge in [-0.2, -0.15) is 0 Å². The molecule has 0 saturated heterocycles. The minimum Gasteiger partial charge on any atom is -0.396 e. The normalized spacial score (nSPS) is 10.5. The van der Waals surface area contributed by atoms with Gasteiger partial charge in [-0.3, -0.25) is 0 Å². The summed E-state index contributed by atoms with van der Waals surface area (Å²) in [7, 11) is 0. The standard InChI is InChI=1S/C8H19NO3/c10-5-2-1-3-9-4-7-12-8-6-11/h9-11H,1-8H2. The highest BCUT2D eigenvalue weighted by atomic mass is 16.5. The number of nitrogens with one attached hydrogen (secondary N) is 1. The van der Waals surface area contributed by atoms with Crippen LogP contribution in [-0.2, 0) is 4.74 Å². The van der Waals surface area contributed by atoms with Crippen molar-refractivity contribution < 1.29 is 14.9 Å². The Labute approximate surface area is 73.5 Å². The van der Waals surface area contributed by atoms with Crippen molar-refractivity contribution in [1.82, 2.24) is 5.32 Å². The van der Waals surface area contributed by atoms with E-state index >= 15 is 0 Å². The van der Waals surface area contributed by atoms with Gasteiger partial charge in [0.05, 0.1) is 19.8 Å². The van der Waals surface area contributed by atoms with Crippen molar-refractivity contribution >= 4 is 0 Å². The maximum Gasteiger partial charge on any atom is 0.0698 e. The van der Waals surface area contributed by atoms with Gasteiger partial charge in [0.1, 0.15) is 0 Å². The summed E-state index contributed by atoms with van der Waals surface area (Å²) < 4.78 is 5.03. The molecule has 0 fully saturated rings. The second-order valence-electron chi connectivity index (χ2n) is 2.52. The predicted octanol–water partition coefficient (Wildman–Crippen LogP) is -0.643. The van der Waals surface area contributed by atoms with Crippen LogP contribution in [0.2, 0.25) is 0 Å². The van der Waals surface area contributed by atoms with Crippen LogP contribution in [0, 0.1) is 0 Å². The molecular weight excluding hydrogens is 158 g/mol. The molecule has 12 heavy (non-hydrogen) atoms. The summed E-state index contributed by atoms with van der Waals surface area (Å²) in [5.74, 6) is 0. The van der Waals surface area contributed by atoms with Gasteiger partial charge in [0.15, 0.2) is 0 Å². The van der Waals surface area contributed by atoms with Gasteiger partial charge in [0, 0.05) is 13.2 Å². The lowest BCUT2D eigenvalue weighted by Gasteiger charge is -2.03. The Morgan fingerprint density at radius 1 is 0.917 bits per heavy atom. The first kappa shape index (κ1) is 11.8. The maximum atomic E-state index is 8.46. The highest BCUT2D eigenvalue weighted by Crippen LogP contribution is 1.82. The molecule has 0 aromatic rings. The Morgan fingerprint density at radius 3 is 2.42 bits per heavy atom. The third-order valence-corrected chi connectivity index (χ3v) is 1.42. The Bertz CT molecular complexity index is 70.7. The van der Waals surface area contributed by atoms with E-state index in [0.717, 1.165) is 25.9 Å². The summed E-state index contributed by atoms with van der Waals surface area (Å²) in [5.41, 5.74) is 0. The molecule has 0 radical (unpaired) electrons. The van der Waals surface area contributed by atoms with Crippen LogP contribution in [-0.4, -0.2) is 49.7 Å². The minimum atomic E-state index is 0.0878. The molecule has 0 aliphatic carbocycles. The Kier molecular flexibility index (Phi) is 10.7. The first-order valence-corrected chi connectivity index (χ1v) is 4.42. The Morgan fingerprint density at radius 2 is 1.75 bits per heavy atom. The molecule has 0 unspecified atom stereocenters. The first-order valence-electron chi connectivity index (χ1n) is 4.42. The summed E-state index contributed by atoms with van der Waals surface area (Å²) in [6, 6.07) is 0. The molecule has 3 N–H and O–H groups in total.